The standard InChI is InChI=1S/C20H21NO4S/c22-19(23)18-11-17(26-14-16-9-5-2-6-10-16)12-21(18)20(24)25-13-15-7-3-1-4-8-15/h1-10,17-18H,11-14H2,(H,22,23)/t17?,18-/m0/s1. The average Bonchev–Trinajstić information content (AvgIpc) is 3.11. The Labute approximate surface area is 157 Å². The summed E-state index contributed by atoms with van der Waals surface area (Å²) in [5, 5.41) is 9.55. The number of likely N-dealkylation sites (tertiary alicyclic amines) is 1. The van der Waals surface area contributed by atoms with Crippen molar-refractivity contribution in [3.8, 4) is 0 Å². The highest BCUT2D eigenvalue weighted by Gasteiger charge is 2.40. The summed E-state index contributed by atoms with van der Waals surface area (Å²) >= 11 is 1.68. The molecule has 1 N–H and O–H groups in total. The number of carbonyl (C=O) groups is 2. The molecule has 2 aromatic rings. The van der Waals surface area contributed by atoms with Crippen LogP contribution < -0.4 is 0 Å². The summed E-state index contributed by atoms with van der Waals surface area (Å²) in [5.41, 5.74) is 2.07. The van der Waals surface area contributed by atoms with Crippen LogP contribution in [0.15, 0.2) is 60.7 Å². The Balaban J connectivity index is 1.56. The first kappa shape index (κ1) is 18.3. The number of carboxylic acids is 1. The first-order chi connectivity index (χ1) is 12.6. The molecule has 2 atom stereocenters. The molecular formula is C20H21NO4S. The van der Waals surface area contributed by atoms with Crippen molar-refractivity contribution in [1.29, 1.82) is 0 Å². The first-order valence-electron chi connectivity index (χ1n) is 8.49. The highest BCUT2D eigenvalue weighted by molar-refractivity contribution is 7.99. The van der Waals surface area contributed by atoms with Crippen molar-refractivity contribution in [1.82, 2.24) is 4.90 Å². The summed E-state index contributed by atoms with van der Waals surface area (Å²) < 4.78 is 5.32. The topological polar surface area (TPSA) is 66.8 Å². The number of rotatable bonds is 6. The normalized spacial score (nSPS) is 19.3. The van der Waals surface area contributed by atoms with Crippen LogP contribution in [0.25, 0.3) is 0 Å². The summed E-state index contributed by atoms with van der Waals surface area (Å²) in [6, 6.07) is 18.6. The SMILES string of the molecule is O=C(O)[C@@H]1CC(SCc2ccccc2)CN1C(=O)OCc1ccccc1. The van der Waals surface area contributed by atoms with Crippen LogP contribution >= 0.6 is 11.8 Å². The van der Waals surface area contributed by atoms with Gasteiger partial charge in [0.25, 0.3) is 0 Å². The number of ether oxygens (including phenoxy) is 1. The molecule has 2 aromatic carbocycles. The van der Waals surface area contributed by atoms with Gasteiger partial charge in [-0.15, -0.1) is 0 Å². The van der Waals surface area contributed by atoms with E-state index in [4.69, 9.17) is 4.74 Å². The Morgan fingerprint density at radius 1 is 1.04 bits per heavy atom. The van der Waals surface area contributed by atoms with Gasteiger partial charge in [0.15, 0.2) is 0 Å². The Kier molecular flexibility index (Phi) is 6.17. The molecule has 0 radical (unpaired) electrons. The molecular weight excluding hydrogens is 350 g/mol. The number of hydrogen-bond donors (Lipinski definition) is 1. The second kappa shape index (κ2) is 8.76. The zero-order valence-corrected chi connectivity index (χ0v) is 15.1. The van der Waals surface area contributed by atoms with Crippen molar-refractivity contribution in [2.75, 3.05) is 6.54 Å². The lowest BCUT2D eigenvalue weighted by Crippen LogP contribution is -2.40. The largest absolute Gasteiger partial charge is 0.480 e. The minimum atomic E-state index is -0.982. The third-order valence-corrected chi connectivity index (χ3v) is 5.63. The Morgan fingerprint density at radius 2 is 1.65 bits per heavy atom. The average molecular weight is 371 g/mol. The van der Waals surface area contributed by atoms with Gasteiger partial charge < -0.3 is 9.84 Å². The molecule has 1 unspecified atom stereocenters. The van der Waals surface area contributed by atoms with Crippen molar-refractivity contribution in [2.45, 2.75) is 30.1 Å². The monoisotopic (exact) mass is 371 g/mol. The maximum atomic E-state index is 12.4. The van der Waals surface area contributed by atoms with E-state index >= 15 is 0 Å². The number of benzene rings is 2. The number of amides is 1. The molecule has 0 bridgehead atoms. The Hall–Kier alpha value is -2.47. The van der Waals surface area contributed by atoms with Gasteiger partial charge in [-0.1, -0.05) is 60.7 Å². The second-order valence-electron chi connectivity index (χ2n) is 6.20. The van der Waals surface area contributed by atoms with Gasteiger partial charge in [-0.05, 0) is 17.5 Å². The van der Waals surface area contributed by atoms with Crippen LogP contribution in [0, 0.1) is 0 Å². The summed E-state index contributed by atoms with van der Waals surface area (Å²) in [4.78, 5) is 25.3. The van der Waals surface area contributed by atoms with Crippen molar-refractivity contribution >= 4 is 23.8 Å². The Morgan fingerprint density at radius 3 is 2.27 bits per heavy atom. The second-order valence-corrected chi connectivity index (χ2v) is 7.49. The molecule has 3 rings (SSSR count). The lowest BCUT2D eigenvalue weighted by Gasteiger charge is -2.20. The molecule has 1 aliphatic rings. The van der Waals surface area contributed by atoms with E-state index in [-0.39, 0.29) is 11.9 Å². The molecule has 1 fully saturated rings. The van der Waals surface area contributed by atoms with Crippen LogP contribution in [0.2, 0.25) is 0 Å². The molecule has 136 valence electrons. The van der Waals surface area contributed by atoms with Gasteiger partial charge in [0.2, 0.25) is 0 Å². The van der Waals surface area contributed by atoms with Gasteiger partial charge in [0.1, 0.15) is 12.6 Å². The molecule has 1 saturated heterocycles. The number of aliphatic carboxylic acids is 1. The molecule has 1 heterocycles. The van der Waals surface area contributed by atoms with E-state index in [2.05, 4.69) is 0 Å². The van der Waals surface area contributed by atoms with Crippen LogP contribution in [-0.4, -0.2) is 39.9 Å². The molecule has 6 heteroatoms. The number of hydrogen-bond acceptors (Lipinski definition) is 4. The van der Waals surface area contributed by atoms with Gasteiger partial charge in [-0.25, -0.2) is 9.59 Å². The van der Waals surface area contributed by atoms with Crippen LogP contribution in [0.3, 0.4) is 0 Å². The van der Waals surface area contributed by atoms with E-state index in [0.29, 0.717) is 13.0 Å². The molecule has 5 nitrogen and oxygen atoms in total. The summed E-state index contributed by atoms with van der Waals surface area (Å²) in [6.45, 7) is 0.534. The highest BCUT2D eigenvalue weighted by atomic mass is 32.2. The molecule has 1 amide bonds. The maximum Gasteiger partial charge on any atom is 0.410 e. The van der Waals surface area contributed by atoms with E-state index < -0.39 is 18.1 Å². The first-order valence-corrected chi connectivity index (χ1v) is 9.54. The van der Waals surface area contributed by atoms with Crippen molar-refractivity contribution < 1.29 is 19.4 Å². The van der Waals surface area contributed by atoms with E-state index in [1.165, 1.54) is 10.5 Å². The molecule has 0 spiro atoms. The van der Waals surface area contributed by atoms with Crippen LogP contribution in [-0.2, 0) is 21.9 Å². The Bertz CT molecular complexity index is 738. The predicted molar refractivity (Wildman–Crippen MR) is 101 cm³/mol. The van der Waals surface area contributed by atoms with Gasteiger partial charge in [0.05, 0.1) is 0 Å². The van der Waals surface area contributed by atoms with Crippen LogP contribution in [0.4, 0.5) is 4.79 Å². The molecule has 0 aromatic heterocycles. The maximum absolute atomic E-state index is 12.4. The third kappa shape index (κ3) is 4.79. The quantitative estimate of drug-likeness (QED) is 0.837. The fourth-order valence-corrected chi connectivity index (χ4v) is 4.15. The van der Waals surface area contributed by atoms with E-state index in [1.807, 2.05) is 60.7 Å². The number of carbonyl (C=O) groups excluding carboxylic acids is 1. The number of thioether (sulfide) groups is 1. The zero-order valence-electron chi connectivity index (χ0n) is 14.3. The van der Waals surface area contributed by atoms with Crippen LogP contribution in [0.5, 0.6) is 0 Å². The summed E-state index contributed by atoms with van der Waals surface area (Å²) in [6.07, 6.45) is -0.128. The minimum absolute atomic E-state index is 0.0839. The van der Waals surface area contributed by atoms with E-state index in [1.54, 1.807) is 11.8 Å². The molecule has 1 aliphatic heterocycles. The number of carboxylic acid groups (broad SMARTS) is 1. The highest BCUT2D eigenvalue weighted by Crippen LogP contribution is 2.30. The van der Waals surface area contributed by atoms with Gasteiger partial charge in [0, 0.05) is 17.5 Å². The predicted octanol–water partition coefficient (Wildman–Crippen LogP) is 3.78. The van der Waals surface area contributed by atoms with Crippen LogP contribution in [0.1, 0.15) is 17.5 Å². The van der Waals surface area contributed by atoms with Crippen molar-refractivity contribution in [2.24, 2.45) is 0 Å². The van der Waals surface area contributed by atoms with Crippen molar-refractivity contribution in [3.63, 3.8) is 0 Å². The minimum Gasteiger partial charge on any atom is -0.480 e. The molecule has 26 heavy (non-hydrogen) atoms. The molecule has 0 aliphatic carbocycles. The smallest absolute Gasteiger partial charge is 0.410 e. The molecule has 0 saturated carbocycles. The lowest BCUT2D eigenvalue weighted by atomic mass is 10.2. The van der Waals surface area contributed by atoms with Gasteiger partial charge >= 0.3 is 12.1 Å². The van der Waals surface area contributed by atoms with E-state index in [0.717, 1.165) is 11.3 Å². The fourth-order valence-electron chi connectivity index (χ4n) is 2.94. The summed E-state index contributed by atoms with van der Waals surface area (Å²) in [5.74, 6) is -0.186. The van der Waals surface area contributed by atoms with Gasteiger partial charge in [-0.2, -0.15) is 11.8 Å². The summed E-state index contributed by atoms with van der Waals surface area (Å²) in [7, 11) is 0. The third-order valence-electron chi connectivity index (χ3n) is 4.32. The lowest BCUT2D eigenvalue weighted by molar-refractivity contribution is -0.141. The van der Waals surface area contributed by atoms with Crippen molar-refractivity contribution in [3.05, 3.63) is 71.8 Å². The fraction of sp³-hybridized carbons (Fsp3) is 0.300. The van der Waals surface area contributed by atoms with Gasteiger partial charge in [-0.3, -0.25) is 4.90 Å². The number of nitrogens with zero attached hydrogens (tertiary/aromatic N) is 1. The van der Waals surface area contributed by atoms with E-state index in [9.17, 15) is 14.7 Å². The zero-order chi connectivity index (χ0) is 18.4.